The van der Waals surface area contributed by atoms with Gasteiger partial charge in [-0.2, -0.15) is 0 Å². The van der Waals surface area contributed by atoms with Crippen molar-refractivity contribution in [2.24, 2.45) is 5.92 Å². The quantitative estimate of drug-likeness (QED) is 0.0200. The molecule has 6 rings (SSSR count). The monoisotopic (exact) mass is 1150 g/mol. The second kappa shape index (κ2) is 29.5. The summed E-state index contributed by atoms with van der Waals surface area (Å²) < 4.78 is 61.6. The lowest BCUT2D eigenvalue weighted by atomic mass is 9.84. The maximum absolute atomic E-state index is 13.7. The van der Waals surface area contributed by atoms with E-state index in [1.54, 1.807) is 36.0 Å². The number of benzene rings is 5. The van der Waals surface area contributed by atoms with Gasteiger partial charge in [0.25, 0.3) is 15.9 Å². The number of nitrogens with one attached hydrogen (secondary N) is 3. The van der Waals surface area contributed by atoms with Gasteiger partial charge in [0.15, 0.2) is 15.6 Å². The minimum absolute atomic E-state index is 0.0216. The fourth-order valence-electron chi connectivity index (χ4n) is 8.95. The number of ether oxygens (including phenoxy) is 1. The van der Waals surface area contributed by atoms with Crippen LogP contribution in [0, 0.1) is 5.92 Å². The number of unbranched alkanes of at least 4 members (excludes halogenated alkanes) is 2. The lowest BCUT2D eigenvalue weighted by Crippen LogP contribution is -2.40. The van der Waals surface area contributed by atoms with E-state index in [4.69, 9.17) is 16.3 Å². The fraction of sp³-hybridized carbons (Fsp3) is 0.404. The third-order valence-electron chi connectivity index (χ3n) is 13.3. The SMILES string of the molecule is CCCCCC(NC(=O)CSCC(=O)OCCN(C)CC[C@H](CSc1ccccc1)Nc1ccc(S(=O)(=O)NC(=O)c2ccc(N3CCC([C@@H](O)c4ccccc4-c4ccc(Cl)cc4)CC3)cc2)cc1S(C)(=O)=O)C(C)=O. The van der Waals surface area contributed by atoms with Gasteiger partial charge in [-0.3, -0.25) is 19.2 Å². The molecule has 0 aromatic heterocycles. The highest BCUT2D eigenvalue weighted by atomic mass is 35.5. The van der Waals surface area contributed by atoms with Crippen LogP contribution in [0.3, 0.4) is 0 Å². The second-order valence-electron chi connectivity index (χ2n) is 19.3. The number of ketones is 1. The van der Waals surface area contributed by atoms with Gasteiger partial charge in [-0.05, 0) is 136 Å². The van der Waals surface area contributed by atoms with Crippen molar-refractivity contribution >= 4 is 89.9 Å². The Morgan fingerprint density at radius 1 is 0.844 bits per heavy atom. The van der Waals surface area contributed by atoms with Crippen LogP contribution in [0.1, 0.15) is 80.8 Å². The maximum atomic E-state index is 13.7. The van der Waals surface area contributed by atoms with Crippen molar-refractivity contribution in [1.82, 2.24) is 14.9 Å². The van der Waals surface area contributed by atoms with Gasteiger partial charge in [0.2, 0.25) is 5.91 Å². The second-order valence-corrected chi connectivity index (χ2v) is 25.5. The zero-order valence-electron chi connectivity index (χ0n) is 44.0. The smallest absolute Gasteiger partial charge is 0.315 e. The molecule has 1 heterocycles. The molecule has 5 aromatic rings. The molecular weight excluding hydrogens is 1080 g/mol. The van der Waals surface area contributed by atoms with E-state index in [2.05, 4.69) is 27.2 Å². The molecule has 20 heteroatoms. The predicted molar refractivity (Wildman–Crippen MR) is 309 cm³/mol. The summed E-state index contributed by atoms with van der Waals surface area (Å²) in [4.78, 5) is 54.8. The number of aliphatic hydroxyl groups is 1. The number of anilines is 2. The number of esters is 1. The highest BCUT2D eigenvalue weighted by Crippen LogP contribution is 2.38. The highest BCUT2D eigenvalue weighted by Gasteiger charge is 2.29. The molecule has 1 aliphatic heterocycles. The van der Waals surface area contributed by atoms with E-state index in [1.807, 2.05) is 90.8 Å². The number of rotatable bonds is 29. The summed E-state index contributed by atoms with van der Waals surface area (Å²) in [5.74, 6) is -1.22. The Balaban J connectivity index is 1.02. The molecule has 1 aliphatic rings. The third kappa shape index (κ3) is 18.9. The number of Topliss-reactive ketones (excluding diaryl/α,β-unsaturated/α-hetero) is 1. The van der Waals surface area contributed by atoms with E-state index < -0.39 is 48.8 Å². The summed E-state index contributed by atoms with van der Waals surface area (Å²) in [6.45, 7) is 5.88. The van der Waals surface area contributed by atoms with Crippen molar-refractivity contribution in [3.8, 4) is 11.1 Å². The topological polar surface area (TPSA) is 209 Å². The van der Waals surface area contributed by atoms with Crippen molar-refractivity contribution < 1.29 is 45.9 Å². The molecule has 2 amide bonds. The van der Waals surface area contributed by atoms with Crippen LogP contribution in [0.25, 0.3) is 11.1 Å². The number of carbonyl (C=O) groups is 4. The van der Waals surface area contributed by atoms with E-state index in [9.17, 15) is 41.1 Å². The first-order valence-corrected chi connectivity index (χ1v) is 31.7. The number of carbonyl (C=O) groups excluding carboxylic acids is 4. The third-order valence-corrected chi connectivity index (χ3v) is 18.1. The first-order chi connectivity index (χ1) is 36.8. The van der Waals surface area contributed by atoms with Gasteiger partial charge in [0.05, 0.1) is 39.1 Å². The lowest BCUT2D eigenvalue weighted by molar-refractivity contribution is -0.140. The molecule has 3 atom stereocenters. The van der Waals surface area contributed by atoms with Crippen molar-refractivity contribution in [3.05, 3.63) is 137 Å². The summed E-state index contributed by atoms with van der Waals surface area (Å²) in [5.41, 5.74) is 3.93. The molecule has 0 bridgehead atoms. The number of sulfonamides is 1. The number of likely N-dealkylation sites (N-methyl/N-ethyl adjacent to an activating group) is 1. The first-order valence-electron chi connectivity index (χ1n) is 25.8. The largest absolute Gasteiger partial charge is 0.464 e. The molecule has 414 valence electrons. The van der Waals surface area contributed by atoms with Gasteiger partial charge >= 0.3 is 5.97 Å². The number of amides is 2. The van der Waals surface area contributed by atoms with E-state index in [-0.39, 0.29) is 57.9 Å². The van der Waals surface area contributed by atoms with Crippen LogP contribution >= 0.6 is 35.1 Å². The minimum Gasteiger partial charge on any atom is -0.464 e. The number of piperidine rings is 1. The van der Waals surface area contributed by atoms with Crippen LogP contribution in [0.15, 0.2) is 136 Å². The van der Waals surface area contributed by atoms with Crippen LogP contribution in [0.5, 0.6) is 0 Å². The Morgan fingerprint density at radius 2 is 1.53 bits per heavy atom. The molecular formula is C57H70ClN5O10S4. The molecule has 0 spiro atoms. The summed E-state index contributed by atoms with van der Waals surface area (Å²) in [6.07, 6.45) is 5.70. The zero-order valence-corrected chi connectivity index (χ0v) is 48.0. The molecule has 0 radical (unpaired) electrons. The van der Waals surface area contributed by atoms with Gasteiger partial charge < -0.3 is 30.3 Å². The summed E-state index contributed by atoms with van der Waals surface area (Å²) in [7, 11) is -6.68. The Morgan fingerprint density at radius 3 is 2.21 bits per heavy atom. The Hall–Kier alpha value is -5.41. The van der Waals surface area contributed by atoms with Gasteiger partial charge in [-0.25, -0.2) is 21.6 Å². The van der Waals surface area contributed by atoms with Gasteiger partial charge in [0.1, 0.15) is 6.61 Å². The first kappa shape index (κ1) is 60.8. The highest BCUT2D eigenvalue weighted by molar-refractivity contribution is 8.00. The van der Waals surface area contributed by atoms with Gasteiger partial charge in [-0.1, -0.05) is 92.4 Å². The van der Waals surface area contributed by atoms with Gasteiger partial charge in [-0.15, -0.1) is 23.5 Å². The predicted octanol–water partition coefficient (Wildman–Crippen LogP) is 9.30. The Bertz CT molecular complexity index is 2980. The maximum Gasteiger partial charge on any atom is 0.315 e. The van der Waals surface area contributed by atoms with Crippen molar-refractivity contribution in [1.29, 1.82) is 0 Å². The molecule has 4 N–H and O–H groups in total. The average molecular weight is 1150 g/mol. The Kier molecular flexibility index (Phi) is 23.3. The van der Waals surface area contributed by atoms with Crippen LogP contribution in [0.4, 0.5) is 11.4 Å². The number of hydrogen-bond acceptors (Lipinski definition) is 15. The number of hydrogen-bond donors (Lipinski definition) is 4. The van der Waals surface area contributed by atoms with Crippen molar-refractivity contribution in [2.75, 3.05) is 73.6 Å². The average Bonchev–Trinajstić information content (AvgIpc) is 3.41. The molecule has 77 heavy (non-hydrogen) atoms. The number of aliphatic hydroxyl groups excluding tert-OH is 1. The summed E-state index contributed by atoms with van der Waals surface area (Å²) in [5, 5.41) is 18.3. The van der Waals surface area contributed by atoms with Gasteiger partial charge in [0, 0.05) is 58.9 Å². The summed E-state index contributed by atoms with van der Waals surface area (Å²) in [6, 6.07) is 34.6. The van der Waals surface area contributed by atoms with Crippen molar-refractivity contribution in [3.63, 3.8) is 0 Å². The number of halogens is 1. The lowest BCUT2D eigenvalue weighted by Gasteiger charge is -2.36. The number of thioether (sulfide) groups is 2. The van der Waals surface area contributed by atoms with E-state index in [0.717, 1.165) is 83.5 Å². The van der Waals surface area contributed by atoms with Crippen LogP contribution in [-0.2, 0) is 39.0 Å². The van der Waals surface area contributed by atoms with Crippen LogP contribution < -0.4 is 20.3 Å². The molecule has 1 unspecified atom stereocenters. The summed E-state index contributed by atoms with van der Waals surface area (Å²) >= 11 is 8.81. The van der Waals surface area contributed by atoms with E-state index >= 15 is 0 Å². The molecule has 5 aromatic carbocycles. The van der Waals surface area contributed by atoms with Crippen LogP contribution in [0.2, 0.25) is 5.02 Å². The number of nitrogens with zero attached hydrogens (tertiary/aromatic N) is 2. The zero-order chi connectivity index (χ0) is 55.5. The minimum atomic E-state index is -4.54. The molecule has 0 saturated carbocycles. The molecule has 1 saturated heterocycles. The van der Waals surface area contributed by atoms with Crippen molar-refractivity contribution in [2.45, 2.75) is 91.7 Å². The van der Waals surface area contributed by atoms with E-state index in [0.29, 0.717) is 49.8 Å². The Labute approximate surface area is 467 Å². The van der Waals surface area contributed by atoms with E-state index in [1.165, 1.54) is 19.1 Å². The molecule has 1 fully saturated rings. The fourth-order valence-corrected chi connectivity index (χ4v) is 12.6. The normalized spacial score (nSPS) is 14.4. The van der Waals surface area contributed by atoms with Crippen LogP contribution in [-0.4, -0.2) is 126 Å². The molecule has 0 aliphatic carbocycles. The molecule has 15 nitrogen and oxygen atoms in total. The number of sulfone groups is 1. The standard InChI is InChI=1S/C57H70ClN5O10S4/c1-5-6-8-17-51(40(2)64)60-54(65)38-74-39-55(66)73-35-34-62(3)31-30-45(37-75-47-13-9-7-10-14-47)59-52-27-26-48(36-53(52)76(4,69)70)77(71,72)61-57(68)43-20-24-46(25-21-43)63-32-28-42(29-33-63)56(67)50-16-12-11-15-49(50)41-18-22-44(58)23-19-41/h7,9-16,18-27,36,42,45,51,56,59,67H,5-6,8,17,28-35,37-39H2,1-4H3,(H,60,65)(H,61,68)/t45-,51?,56-/m1/s1.